The van der Waals surface area contributed by atoms with Crippen LogP contribution in [0.2, 0.25) is 0 Å². The summed E-state index contributed by atoms with van der Waals surface area (Å²) in [4.78, 5) is 24.6. The molecule has 0 fully saturated rings. The van der Waals surface area contributed by atoms with Crippen molar-refractivity contribution in [2.75, 3.05) is 11.1 Å². The Bertz CT molecular complexity index is 666. The average molecular weight is 385 g/mol. The number of benzene rings is 1. The van der Waals surface area contributed by atoms with E-state index in [1.807, 2.05) is 31.2 Å². The third-order valence-electron chi connectivity index (χ3n) is 2.59. The van der Waals surface area contributed by atoms with Gasteiger partial charge in [0.2, 0.25) is 5.91 Å². The number of carbonyl (C=O) groups is 2. The van der Waals surface area contributed by atoms with Gasteiger partial charge in [0.05, 0.1) is 20.1 Å². The molecular formula is C14H13BrN2O2S2. The lowest BCUT2D eigenvalue weighted by molar-refractivity contribution is -0.115. The second-order valence-corrected chi connectivity index (χ2v) is 7.66. The van der Waals surface area contributed by atoms with E-state index in [1.165, 1.54) is 23.1 Å². The molecule has 7 heteroatoms. The number of amides is 2. The van der Waals surface area contributed by atoms with Gasteiger partial charge in [0.1, 0.15) is 0 Å². The normalized spacial score (nSPS) is 10.4. The zero-order valence-corrected chi connectivity index (χ0v) is 14.4. The van der Waals surface area contributed by atoms with E-state index in [4.69, 9.17) is 5.73 Å². The first kappa shape index (κ1) is 16.1. The summed E-state index contributed by atoms with van der Waals surface area (Å²) >= 11 is 6.10. The Morgan fingerprint density at radius 3 is 2.71 bits per heavy atom. The number of halogens is 1. The van der Waals surface area contributed by atoms with Gasteiger partial charge in [-0.2, -0.15) is 0 Å². The fourth-order valence-corrected chi connectivity index (χ4v) is 3.78. The molecule has 0 radical (unpaired) electrons. The summed E-state index contributed by atoms with van der Waals surface area (Å²) in [5.41, 5.74) is 6.86. The van der Waals surface area contributed by atoms with Crippen LogP contribution in [0.3, 0.4) is 0 Å². The van der Waals surface area contributed by atoms with Crippen molar-refractivity contribution < 1.29 is 9.59 Å². The predicted octanol–water partition coefficient (Wildman–Crippen LogP) is 3.65. The highest BCUT2D eigenvalue weighted by Gasteiger charge is 2.13. The van der Waals surface area contributed by atoms with Crippen LogP contribution in [0.15, 0.2) is 39.0 Å². The van der Waals surface area contributed by atoms with Crippen molar-refractivity contribution in [3.8, 4) is 0 Å². The van der Waals surface area contributed by atoms with Gasteiger partial charge >= 0.3 is 0 Å². The number of rotatable bonds is 5. The van der Waals surface area contributed by atoms with Crippen LogP contribution >= 0.6 is 39.0 Å². The summed E-state index contributed by atoms with van der Waals surface area (Å²) in [6.45, 7) is 1.94. The molecule has 2 rings (SSSR count). The molecule has 0 atom stereocenters. The van der Waals surface area contributed by atoms with E-state index in [2.05, 4.69) is 21.2 Å². The lowest BCUT2D eigenvalue weighted by Gasteiger charge is -2.09. The number of thioether (sulfide) groups is 1. The number of hydrogen-bond acceptors (Lipinski definition) is 4. The third kappa shape index (κ3) is 4.33. The second kappa shape index (κ2) is 7.11. The monoisotopic (exact) mass is 384 g/mol. The molecule has 4 nitrogen and oxygen atoms in total. The number of anilines is 1. The zero-order chi connectivity index (χ0) is 15.4. The van der Waals surface area contributed by atoms with Crippen molar-refractivity contribution in [3.63, 3.8) is 0 Å². The molecule has 0 saturated carbocycles. The Morgan fingerprint density at radius 1 is 1.38 bits per heavy atom. The number of thiophene rings is 1. The highest BCUT2D eigenvalue weighted by Crippen LogP contribution is 2.30. The minimum absolute atomic E-state index is 0.166. The molecule has 21 heavy (non-hydrogen) atoms. The summed E-state index contributed by atoms with van der Waals surface area (Å²) < 4.78 is 0.948. The predicted molar refractivity (Wildman–Crippen MR) is 91.1 cm³/mol. The Labute approximate surface area is 139 Å². The minimum atomic E-state index is -0.390. The van der Waals surface area contributed by atoms with E-state index in [0.717, 1.165) is 14.2 Å². The number of primary amides is 1. The van der Waals surface area contributed by atoms with E-state index in [0.29, 0.717) is 10.6 Å². The summed E-state index contributed by atoms with van der Waals surface area (Å²) in [6, 6.07) is 9.17. The molecule has 0 saturated heterocycles. The molecule has 0 aliphatic rings. The maximum atomic E-state index is 12.2. The highest BCUT2D eigenvalue weighted by molar-refractivity contribution is 9.11. The molecular weight excluding hydrogens is 372 g/mol. The van der Waals surface area contributed by atoms with Gasteiger partial charge in [-0.1, -0.05) is 12.1 Å². The number of nitrogens with one attached hydrogen (secondary N) is 1. The van der Waals surface area contributed by atoms with E-state index in [1.54, 1.807) is 6.07 Å². The molecule has 1 aromatic heterocycles. The second-order valence-electron chi connectivity index (χ2n) is 4.27. The van der Waals surface area contributed by atoms with Crippen molar-refractivity contribution in [3.05, 3.63) is 44.6 Å². The molecule has 1 heterocycles. The van der Waals surface area contributed by atoms with Crippen LogP contribution < -0.4 is 11.1 Å². The van der Waals surface area contributed by atoms with Crippen LogP contribution in [0.5, 0.6) is 0 Å². The molecule has 0 bridgehead atoms. The SMILES string of the molecule is Cc1cc(C(=O)Nc2ccccc2SCC(N)=O)sc1Br. The number of nitrogens with two attached hydrogens (primary N) is 1. The van der Waals surface area contributed by atoms with Crippen molar-refractivity contribution in [2.24, 2.45) is 5.73 Å². The fourth-order valence-electron chi connectivity index (χ4n) is 1.60. The van der Waals surface area contributed by atoms with Crippen LogP contribution in [-0.2, 0) is 4.79 Å². The summed E-state index contributed by atoms with van der Waals surface area (Å²) in [5.74, 6) is -0.379. The topological polar surface area (TPSA) is 72.2 Å². The average Bonchev–Trinajstić information content (AvgIpc) is 2.78. The highest BCUT2D eigenvalue weighted by atomic mass is 79.9. The molecule has 110 valence electrons. The van der Waals surface area contributed by atoms with Gasteiger partial charge in [0, 0.05) is 4.90 Å². The van der Waals surface area contributed by atoms with Gasteiger partial charge in [0.15, 0.2) is 0 Å². The van der Waals surface area contributed by atoms with E-state index < -0.39 is 0 Å². The number of hydrogen-bond donors (Lipinski definition) is 2. The fraction of sp³-hybridized carbons (Fsp3) is 0.143. The maximum absolute atomic E-state index is 12.2. The van der Waals surface area contributed by atoms with Gasteiger partial charge in [-0.05, 0) is 46.6 Å². The molecule has 1 aromatic carbocycles. The van der Waals surface area contributed by atoms with Crippen LogP contribution in [0.1, 0.15) is 15.2 Å². The van der Waals surface area contributed by atoms with Crippen molar-refractivity contribution in [1.29, 1.82) is 0 Å². The van der Waals surface area contributed by atoms with Crippen molar-refractivity contribution >= 4 is 56.5 Å². The third-order valence-corrected chi connectivity index (χ3v) is 5.82. The van der Waals surface area contributed by atoms with Gasteiger partial charge in [-0.15, -0.1) is 23.1 Å². The molecule has 0 spiro atoms. The summed E-state index contributed by atoms with van der Waals surface area (Å²) in [5, 5.41) is 2.87. The van der Waals surface area contributed by atoms with Gasteiger partial charge in [0.25, 0.3) is 5.91 Å². The Morgan fingerprint density at radius 2 is 2.10 bits per heavy atom. The Balaban J connectivity index is 2.15. The van der Waals surface area contributed by atoms with Gasteiger partial charge in [-0.25, -0.2) is 0 Å². The minimum Gasteiger partial charge on any atom is -0.369 e. The first-order chi connectivity index (χ1) is 9.97. The van der Waals surface area contributed by atoms with Gasteiger partial charge in [-0.3, -0.25) is 9.59 Å². The number of carbonyl (C=O) groups excluding carboxylic acids is 2. The molecule has 0 unspecified atom stereocenters. The molecule has 2 aromatic rings. The van der Waals surface area contributed by atoms with Crippen LogP contribution in [0.25, 0.3) is 0 Å². The lowest BCUT2D eigenvalue weighted by Crippen LogP contribution is -2.14. The van der Waals surface area contributed by atoms with Gasteiger partial charge < -0.3 is 11.1 Å². The molecule has 3 N–H and O–H groups in total. The quantitative estimate of drug-likeness (QED) is 0.772. The first-order valence-electron chi connectivity index (χ1n) is 6.05. The molecule has 2 amide bonds. The number of aryl methyl sites for hydroxylation is 1. The lowest BCUT2D eigenvalue weighted by atomic mass is 10.3. The molecule has 0 aliphatic carbocycles. The van der Waals surface area contributed by atoms with Crippen molar-refractivity contribution in [1.82, 2.24) is 0 Å². The van der Waals surface area contributed by atoms with Crippen LogP contribution in [-0.4, -0.2) is 17.6 Å². The summed E-state index contributed by atoms with van der Waals surface area (Å²) in [6.07, 6.45) is 0. The molecule has 0 aliphatic heterocycles. The van der Waals surface area contributed by atoms with Crippen LogP contribution in [0, 0.1) is 6.92 Å². The summed E-state index contributed by atoms with van der Waals surface area (Å²) in [7, 11) is 0. The number of para-hydroxylation sites is 1. The van der Waals surface area contributed by atoms with Crippen molar-refractivity contribution in [2.45, 2.75) is 11.8 Å². The van der Waals surface area contributed by atoms with E-state index in [-0.39, 0.29) is 17.6 Å². The van der Waals surface area contributed by atoms with Crippen LogP contribution in [0.4, 0.5) is 5.69 Å². The Kier molecular flexibility index (Phi) is 5.44. The van der Waals surface area contributed by atoms with E-state index in [9.17, 15) is 9.59 Å². The zero-order valence-electron chi connectivity index (χ0n) is 11.2. The standard InChI is InChI=1S/C14H13BrN2O2S2/c1-8-6-11(21-13(8)15)14(19)17-9-4-2-3-5-10(9)20-7-12(16)18/h2-6H,7H2,1H3,(H2,16,18)(H,17,19). The Hall–Kier alpha value is -1.31. The first-order valence-corrected chi connectivity index (χ1v) is 8.64. The largest absolute Gasteiger partial charge is 0.369 e. The maximum Gasteiger partial charge on any atom is 0.265 e. The smallest absolute Gasteiger partial charge is 0.265 e. The van der Waals surface area contributed by atoms with E-state index >= 15 is 0 Å².